The van der Waals surface area contributed by atoms with Gasteiger partial charge in [0, 0.05) is 0 Å². The summed E-state index contributed by atoms with van der Waals surface area (Å²) >= 11 is 0. The largest absolute Gasteiger partial charge is 0.251 e. The topological polar surface area (TPSA) is 0 Å². The highest BCUT2D eigenvalue weighted by Crippen LogP contribution is 2.28. The molecular formula is C10H21F. The van der Waals surface area contributed by atoms with Crippen LogP contribution in [0.15, 0.2) is 0 Å². The fraction of sp³-hybridized carbons (Fsp3) is 1.00. The number of hydrogen-bond acceptors (Lipinski definition) is 0. The molecule has 1 unspecified atom stereocenters. The fourth-order valence-corrected chi connectivity index (χ4v) is 1.25. The van der Waals surface area contributed by atoms with Gasteiger partial charge in [0.15, 0.2) is 0 Å². The van der Waals surface area contributed by atoms with Gasteiger partial charge >= 0.3 is 0 Å². The van der Waals surface area contributed by atoms with Crippen molar-refractivity contribution in [1.29, 1.82) is 0 Å². The van der Waals surface area contributed by atoms with Gasteiger partial charge < -0.3 is 0 Å². The van der Waals surface area contributed by atoms with Gasteiger partial charge in [0.25, 0.3) is 0 Å². The van der Waals surface area contributed by atoms with Crippen LogP contribution in [0.25, 0.3) is 0 Å². The van der Waals surface area contributed by atoms with Gasteiger partial charge in [0.1, 0.15) is 0 Å². The third kappa shape index (κ3) is 5.23. The molecule has 0 spiro atoms. The van der Waals surface area contributed by atoms with Gasteiger partial charge in [-0.05, 0) is 23.7 Å². The summed E-state index contributed by atoms with van der Waals surface area (Å²) in [6.45, 7) is 10.5. The highest BCUT2D eigenvalue weighted by molar-refractivity contribution is 4.70. The summed E-state index contributed by atoms with van der Waals surface area (Å²) in [7, 11) is 0. The molecule has 1 atom stereocenters. The predicted octanol–water partition coefficient (Wildman–Crippen LogP) is 3.66. The van der Waals surface area contributed by atoms with Gasteiger partial charge in [0.05, 0.1) is 6.67 Å². The van der Waals surface area contributed by atoms with Crippen LogP contribution in [0.5, 0.6) is 0 Å². The van der Waals surface area contributed by atoms with Crippen LogP contribution in [-0.4, -0.2) is 6.67 Å². The quantitative estimate of drug-likeness (QED) is 0.591. The van der Waals surface area contributed by atoms with Crippen LogP contribution in [0.3, 0.4) is 0 Å². The van der Waals surface area contributed by atoms with Gasteiger partial charge in [-0.1, -0.05) is 34.6 Å². The van der Waals surface area contributed by atoms with E-state index in [9.17, 15) is 4.39 Å². The molecule has 68 valence electrons. The molecule has 0 amide bonds. The molecule has 0 aliphatic rings. The normalized spacial score (nSPS) is 15.5. The minimum absolute atomic E-state index is 0.172. The maximum atomic E-state index is 12.4. The molecule has 0 aromatic heterocycles. The Bertz CT molecular complexity index is 99.9. The number of rotatable bonds is 3. The Morgan fingerprint density at radius 3 is 1.73 bits per heavy atom. The van der Waals surface area contributed by atoms with Gasteiger partial charge in [-0.3, -0.25) is 4.39 Å². The maximum Gasteiger partial charge on any atom is 0.0925 e. The highest BCUT2D eigenvalue weighted by atomic mass is 19.1. The summed E-state index contributed by atoms with van der Waals surface area (Å²) in [6.07, 6.45) is 0.987. The Hall–Kier alpha value is -0.0700. The van der Waals surface area contributed by atoms with Gasteiger partial charge in [-0.25, -0.2) is 0 Å². The van der Waals surface area contributed by atoms with Crippen molar-refractivity contribution in [3.05, 3.63) is 0 Å². The molecule has 0 aliphatic carbocycles. The van der Waals surface area contributed by atoms with Crippen LogP contribution in [-0.2, 0) is 0 Å². The van der Waals surface area contributed by atoms with Crippen LogP contribution in [0.1, 0.15) is 41.0 Å². The number of hydrogen-bond donors (Lipinski definition) is 0. The summed E-state index contributed by atoms with van der Waals surface area (Å²) in [4.78, 5) is 0. The van der Waals surface area contributed by atoms with Crippen molar-refractivity contribution in [3.63, 3.8) is 0 Å². The van der Waals surface area contributed by atoms with Crippen LogP contribution in [0.2, 0.25) is 0 Å². The first-order valence-corrected chi connectivity index (χ1v) is 4.43. The summed E-state index contributed by atoms with van der Waals surface area (Å²) < 4.78 is 12.4. The summed E-state index contributed by atoms with van der Waals surface area (Å²) in [6, 6.07) is 0. The van der Waals surface area contributed by atoms with Crippen molar-refractivity contribution in [2.45, 2.75) is 41.0 Å². The molecular weight excluding hydrogens is 139 g/mol. The van der Waals surface area contributed by atoms with E-state index >= 15 is 0 Å². The Balaban J connectivity index is 3.88. The first-order chi connectivity index (χ1) is 4.87. The summed E-state index contributed by atoms with van der Waals surface area (Å²) in [5.74, 6) is 0.717. The summed E-state index contributed by atoms with van der Waals surface area (Å²) in [5, 5.41) is 0. The first kappa shape index (κ1) is 10.9. The van der Waals surface area contributed by atoms with Crippen molar-refractivity contribution in [3.8, 4) is 0 Å². The zero-order valence-electron chi connectivity index (χ0n) is 8.45. The van der Waals surface area contributed by atoms with Crippen molar-refractivity contribution >= 4 is 0 Å². The molecule has 0 saturated heterocycles. The predicted molar refractivity (Wildman–Crippen MR) is 48.4 cm³/mol. The lowest BCUT2D eigenvalue weighted by molar-refractivity contribution is 0.200. The Labute approximate surface area is 70.2 Å². The second kappa shape index (κ2) is 4.08. The molecule has 0 aromatic rings. The van der Waals surface area contributed by atoms with E-state index in [1.54, 1.807) is 0 Å². The zero-order chi connectivity index (χ0) is 9.07. The number of alkyl halides is 1. The molecule has 0 aliphatic heterocycles. The zero-order valence-corrected chi connectivity index (χ0v) is 8.45. The monoisotopic (exact) mass is 160 g/mol. The van der Waals surface area contributed by atoms with E-state index in [1.165, 1.54) is 0 Å². The standard InChI is InChI=1S/C10H21F/c1-8(2)9(7-11)6-10(3,4)5/h8-9H,6-7H2,1-5H3. The van der Waals surface area contributed by atoms with Crippen LogP contribution < -0.4 is 0 Å². The van der Waals surface area contributed by atoms with Crippen molar-refractivity contribution < 1.29 is 4.39 Å². The van der Waals surface area contributed by atoms with E-state index in [1.807, 2.05) is 0 Å². The van der Waals surface area contributed by atoms with Crippen LogP contribution in [0, 0.1) is 17.3 Å². The average Bonchev–Trinajstić information content (AvgIpc) is 1.80. The second-order valence-corrected chi connectivity index (χ2v) is 4.92. The van der Waals surface area contributed by atoms with E-state index in [-0.39, 0.29) is 18.0 Å². The second-order valence-electron chi connectivity index (χ2n) is 4.92. The lowest BCUT2D eigenvalue weighted by Crippen LogP contribution is -2.19. The Kier molecular flexibility index (Phi) is 4.05. The Morgan fingerprint density at radius 1 is 1.18 bits per heavy atom. The molecule has 0 aromatic carbocycles. The average molecular weight is 160 g/mol. The fourth-order valence-electron chi connectivity index (χ4n) is 1.25. The molecule has 0 saturated carbocycles. The van der Waals surface area contributed by atoms with Gasteiger partial charge in [-0.15, -0.1) is 0 Å². The van der Waals surface area contributed by atoms with Crippen molar-refractivity contribution in [2.24, 2.45) is 17.3 Å². The van der Waals surface area contributed by atoms with E-state index in [4.69, 9.17) is 0 Å². The lowest BCUT2D eigenvalue weighted by atomic mass is 9.80. The molecule has 0 radical (unpaired) electrons. The van der Waals surface area contributed by atoms with Gasteiger partial charge in [-0.2, -0.15) is 0 Å². The first-order valence-electron chi connectivity index (χ1n) is 4.43. The molecule has 0 heterocycles. The van der Waals surface area contributed by atoms with E-state index in [2.05, 4.69) is 34.6 Å². The minimum Gasteiger partial charge on any atom is -0.251 e. The molecule has 11 heavy (non-hydrogen) atoms. The van der Waals surface area contributed by atoms with E-state index < -0.39 is 0 Å². The maximum absolute atomic E-state index is 12.4. The highest BCUT2D eigenvalue weighted by Gasteiger charge is 2.20. The van der Waals surface area contributed by atoms with Crippen LogP contribution >= 0.6 is 0 Å². The van der Waals surface area contributed by atoms with Gasteiger partial charge in [0.2, 0.25) is 0 Å². The van der Waals surface area contributed by atoms with Crippen molar-refractivity contribution in [2.75, 3.05) is 6.67 Å². The molecule has 0 nitrogen and oxygen atoms in total. The third-order valence-corrected chi connectivity index (χ3v) is 2.02. The number of halogens is 1. The third-order valence-electron chi connectivity index (χ3n) is 2.02. The van der Waals surface area contributed by atoms with E-state index in [0.717, 1.165) is 6.42 Å². The lowest BCUT2D eigenvalue weighted by Gasteiger charge is -2.26. The summed E-state index contributed by atoms with van der Waals surface area (Å²) in [5.41, 5.74) is 0.265. The smallest absolute Gasteiger partial charge is 0.0925 e. The molecule has 0 fully saturated rings. The molecule has 0 bridgehead atoms. The molecule has 0 rings (SSSR count). The minimum atomic E-state index is -0.172. The van der Waals surface area contributed by atoms with Crippen LogP contribution in [0.4, 0.5) is 4.39 Å². The van der Waals surface area contributed by atoms with E-state index in [0.29, 0.717) is 5.92 Å². The van der Waals surface area contributed by atoms with Crippen molar-refractivity contribution in [1.82, 2.24) is 0 Å². The molecule has 0 N–H and O–H groups in total. The Morgan fingerprint density at radius 2 is 1.64 bits per heavy atom. The SMILES string of the molecule is CC(C)C(CF)CC(C)(C)C. The molecule has 1 heteroatoms.